The Morgan fingerprint density at radius 2 is 2.20 bits per heavy atom. The Morgan fingerprint density at radius 3 is 2.60 bits per heavy atom. The summed E-state index contributed by atoms with van der Waals surface area (Å²) in [7, 11) is 0. The molecule has 1 unspecified atom stereocenters. The van der Waals surface area contributed by atoms with Gasteiger partial charge in [0.25, 0.3) is 0 Å². The van der Waals surface area contributed by atoms with E-state index in [0.717, 1.165) is 11.8 Å². The highest BCUT2D eigenvalue weighted by Crippen LogP contribution is 2.13. The lowest BCUT2D eigenvalue weighted by Crippen LogP contribution is -2.00. The van der Waals surface area contributed by atoms with Crippen LogP contribution in [0.1, 0.15) is 26.2 Å². The van der Waals surface area contributed by atoms with E-state index in [0.29, 0.717) is 0 Å². The maximum Gasteiger partial charge on any atom is 0.0251 e. The Balaban J connectivity index is 3.09. The molecule has 0 aliphatic rings. The van der Waals surface area contributed by atoms with Crippen LogP contribution in [0, 0.1) is 5.92 Å². The number of halogens is 1. The van der Waals surface area contributed by atoms with Gasteiger partial charge in [0.05, 0.1) is 0 Å². The zero-order valence-electron chi connectivity index (χ0n) is 6.90. The van der Waals surface area contributed by atoms with Crippen molar-refractivity contribution in [1.82, 2.24) is 0 Å². The van der Waals surface area contributed by atoms with Crippen LogP contribution in [0.15, 0.2) is 0 Å². The molecule has 10 heavy (non-hydrogen) atoms. The lowest BCUT2D eigenvalue weighted by atomic mass is 10.0. The van der Waals surface area contributed by atoms with Crippen LogP contribution in [0.4, 0.5) is 0 Å². The molecule has 0 radical (unpaired) electrons. The average molecular weight is 181 g/mol. The average Bonchev–Trinajstić information content (AvgIpc) is 1.99. The van der Waals surface area contributed by atoms with Crippen LogP contribution in [-0.4, -0.2) is 17.9 Å². The van der Waals surface area contributed by atoms with Crippen molar-refractivity contribution in [3.8, 4) is 0 Å². The maximum atomic E-state index is 5.74. The van der Waals surface area contributed by atoms with Gasteiger partial charge in [0, 0.05) is 5.88 Å². The van der Waals surface area contributed by atoms with E-state index in [9.17, 15) is 0 Å². The van der Waals surface area contributed by atoms with Gasteiger partial charge in [0.2, 0.25) is 0 Å². The maximum absolute atomic E-state index is 5.74. The number of alkyl halides is 1. The molecule has 0 saturated carbocycles. The zero-order chi connectivity index (χ0) is 7.82. The van der Waals surface area contributed by atoms with Gasteiger partial charge in [-0.3, -0.25) is 0 Å². The molecule has 0 spiro atoms. The fourth-order valence-corrected chi connectivity index (χ4v) is 1.73. The zero-order valence-corrected chi connectivity index (χ0v) is 8.47. The second-order valence-electron chi connectivity index (χ2n) is 2.56. The number of hydrogen-bond donors (Lipinski definition) is 0. The molecule has 0 saturated heterocycles. The normalized spacial score (nSPS) is 13.5. The van der Waals surface area contributed by atoms with Crippen LogP contribution < -0.4 is 0 Å². The first-order valence-corrected chi connectivity index (χ1v) is 5.82. The smallest absolute Gasteiger partial charge is 0.0251 e. The molecule has 62 valence electrons. The molecular weight excluding hydrogens is 164 g/mol. The van der Waals surface area contributed by atoms with E-state index in [1.807, 2.05) is 11.8 Å². The summed E-state index contributed by atoms with van der Waals surface area (Å²) < 4.78 is 0. The van der Waals surface area contributed by atoms with Gasteiger partial charge in [0.1, 0.15) is 0 Å². The molecule has 0 aliphatic carbocycles. The second kappa shape index (κ2) is 7.74. The predicted molar refractivity (Wildman–Crippen MR) is 52.1 cm³/mol. The molecule has 0 aromatic carbocycles. The quantitative estimate of drug-likeness (QED) is 0.446. The van der Waals surface area contributed by atoms with Crippen LogP contribution in [-0.2, 0) is 0 Å². The summed E-state index contributed by atoms with van der Waals surface area (Å²) >= 11 is 7.66. The molecule has 0 nitrogen and oxygen atoms in total. The Kier molecular flexibility index (Phi) is 8.24. The first-order valence-electron chi connectivity index (χ1n) is 3.90. The Labute approximate surface area is 73.7 Å². The van der Waals surface area contributed by atoms with E-state index in [-0.39, 0.29) is 0 Å². The predicted octanol–water partition coefficient (Wildman–Crippen LogP) is 3.39. The van der Waals surface area contributed by atoms with Gasteiger partial charge < -0.3 is 0 Å². The molecule has 0 aliphatic heterocycles. The fraction of sp³-hybridized carbons (Fsp3) is 1.00. The fourth-order valence-electron chi connectivity index (χ4n) is 0.907. The van der Waals surface area contributed by atoms with Crippen molar-refractivity contribution in [3.05, 3.63) is 0 Å². The number of rotatable bonds is 6. The highest BCUT2D eigenvalue weighted by atomic mass is 35.5. The first-order chi connectivity index (χ1) is 4.85. The lowest BCUT2D eigenvalue weighted by Gasteiger charge is -2.08. The summed E-state index contributed by atoms with van der Waals surface area (Å²) in [6.07, 6.45) is 6.02. The summed E-state index contributed by atoms with van der Waals surface area (Å²) in [5, 5.41) is 0. The summed E-state index contributed by atoms with van der Waals surface area (Å²) in [5.41, 5.74) is 0. The first kappa shape index (κ1) is 10.6. The monoisotopic (exact) mass is 180 g/mol. The Hall–Kier alpha value is 0.640. The molecule has 0 fully saturated rings. The molecule has 0 bridgehead atoms. The summed E-state index contributed by atoms with van der Waals surface area (Å²) in [5.74, 6) is 2.88. The van der Waals surface area contributed by atoms with Crippen LogP contribution in [0.3, 0.4) is 0 Å². The minimum atomic E-state index is 0.758. The molecule has 0 aromatic heterocycles. The van der Waals surface area contributed by atoms with Crippen LogP contribution in [0.2, 0.25) is 0 Å². The summed E-state index contributed by atoms with van der Waals surface area (Å²) in [6.45, 7) is 2.21. The van der Waals surface area contributed by atoms with E-state index in [1.165, 1.54) is 25.0 Å². The molecule has 1 atom stereocenters. The lowest BCUT2D eigenvalue weighted by molar-refractivity contribution is 0.517. The molecule has 0 N–H and O–H groups in total. The molecular formula is C8H17ClS. The van der Waals surface area contributed by atoms with Gasteiger partial charge in [-0.2, -0.15) is 11.8 Å². The highest BCUT2D eigenvalue weighted by Gasteiger charge is 2.02. The van der Waals surface area contributed by atoms with E-state index < -0.39 is 0 Å². The SMILES string of the molecule is CCC(CCl)CCCSC. The minimum absolute atomic E-state index is 0.758. The number of thioether (sulfide) groups is 1. The summed E-state index contributed by atoms with van der Waals surface area (Å²) in [6, 6.07) is 0. The molecule has 2 heteroatoms. The Morgan fingerprint density at radius 1 is 1.50 bits per heavy atom. The molecule has 0 aromatic rings. The second-order valence-corrected chi connectivity index (χ2v) is 3.86. The Bertz CT molecular complexity index is 62.3. The van der Waals surface area contributed by atoms with E-state index in [2.05, 4.69) is 13.2 Å². The van der Waals surface area contributed by atoms with Crippen molar-refractivity contribution in [2.75, 3.05) is 17.9 Å². The third kappa shape index (κ3) is 5.43. The topological polar surface area (TPSA) is 0 Å². The van der Waals surface area contributed by atoms with Gasteiger partial charge in [-0.25, -0.2) is 0 Å². The van der Waals surface area contributed by atoms with Crippen molar-refractivity contribution in [3.63, 3.8) is 0 Å². The standard InChI is InChI=1S/C8H17ClS/c1-3-8(7-9)5-4-6-10-2/h8H,3-7H2,1-2H3. The molecule has 0 heterocycles. The summed E-state index contributed by atoms with van der Waals surface area (Å²) in [4.78, 5) is 0. The van der Waals surface area contributed by atoms with Crippen molar-refractivity contribution in [2.45, 2.75) is 26.2 Å². The van der Waals surface area contributed by atoms with Crippen LogP contribution in [0.25, 0.3) is 0 Å². The third-order valence-electron chi connectivity index (χ3n) is 1.76. The molecule has 0 rings (SSSR count). The van der Waals surface area contributed by atoms with E-state index in [4.69, 9.17) is 11.6 Å². The van der Waals surface area contributed by atoms with Crippen molar-refractivity contribution in [1.29, 1.82) is 0 Å². The highest BCUT2D eigenvalue weighted by molar-refractivity contribution is 7.98. The molecule has 0 amide bonds. The van der Waals surface area contributed by atoms with Crippen molar-refractivity contribution in [2.24, 2.45) is 5.92 Å². The van der Waals surface area contributed by atoms with Gasteiger partial charge in [-0.15, -0.1) is 11.6 Å². The van der Waals surface area contributed by atoms with Crippen LogP contribution in [0.5, 0.6) is 0 Å². The minimum Gasteiger partial charge on any atom is -0.165 e. The van der Waals surface area contributed by atoms with Gasteiger partial charge in [-0.05, 0) is 30.8 Å². The van der Waals surface area contributed by atoms with Crippen LogP contribution >= 0.6 is 23.4 Å². The largest absolute Gasteiger partial charge is 0.165 e. The third-order valence-corrected chi connectivity index (χ3v) is 2.89. The van der Waals surface area contributed by atoms with Gasteiger partial charge >= 0.3 is 0 Å². The van der Waals surface area contributed by atoms with Crippen molar-refractivity contribution < 1.29 is 0 Å². The van der Waals surface area contributed by atoms with Gasteiger partial charge in [0.15, 0.2) is 0 Å². The number of hydrogen-bond acceptors (Lipinski definition) is 1. The van der Waals surface area contributed by atoms with Crippen molar-refractivity contribution >= 4 is 23.4 Å². The van der Waals surface area contributed by atoms with E-state index >= 15 is 0 Å². The van der Waals surface area contributed by atoms with E-state index in [1.54, 1.807) is 0 Å². The van der Waals surface area contributed by atoms with Gasteiger partial charge in [-0.1, -0.05) is 13.3 Å².